The lowest BCUT2D eigenvalue weighted by molar-refractivity contribution is 0.102. The number of hydrogen-bond donors (Lipinski definition) is 2. The third-order valence-electron chi connectivity index (χ3n) is 2.46. The Kier molecular flexibility index (Phi) is 4.82. The van der Waals surface area contributed by atoms with Gasteiger partial charge in [-0.05, 0) is 37.3 Å². The first-order valence-electron chi connectivity index (χ1n) is 6.07. The highest BCUT2D eigenvalue weighted by Gasteiger charge is 2.09. The molecular weight excluding hydrogens is 297 g/mol. The molecule has 1 amide bonds. The summed E-state index contributed by atoms with van der Waals surface area (Å²) in [7, 11) is 0. The van der Waals surface area contributed by atoms with E-state index in [1.165, 1.54) is 0 Å². The average Bonchev–Trinajstić information content (AvgIpc) is 2.38. The molecule has 1 aromatic carbocycles. The van der Waals surface area contributed by atoms with Crippen LogP contribution >= 0.6 is 23.2 Å². The highest BCUT2D eigenvalue weighted by molar-refractivity contribution is 6.35. The van der Waals surface area contributed by atoms with E-state index >= 15 is 0 Å². The summed E-state index contributed by atoms with van der Waals surface area (Å²) < 4.78 is 0. The van der Waals surface area contributed by atoms with Crippen LogP contribution in [0.15, 0.2) is 36.4 Å². The van der Waals surface area contributed by atoms with E-state index in [9.17, 15) is 4.79 Å². The first-order valence-corrected chi connectivity index (χ1v) is 6.82. The largest absolute Gasteiger partial charge is 0.370 e. The van der Waals surface area contributed by atoms with Crippen LogP contribution < -0.4 is 10.6 Å². The number of amides is 1. The van der Waals surface area contributed by atoms with Gasteiger partial charge in [-0.2, -0.15) is 0 Å². The molecule has 20 heavy (non-hydrogen) atoms. The second-order valence-electron chi connectivity index (χ2n) is 4.05. The molecule has 1 aromatic heterocycles. The topological polar surface area (TPSA) is 54.0 Å². The van der Waals surface area contributed by atoms with Crippen LogP contribution in [0.3, 0.4) is 0 Å². The zero-order valence-corrected chi connectivity index (χ0v) is 12.3. The van der Waals surface area contributed by atoms with E-state index < -0.39 is 0 Å². The van der Waals surface area contributed by atoms with Crippen molar-refractivity contribution >= 4 is 40.6 Å². The molecular formula is C14H13Cl2N3O. The number of hydrogen-bond acceptors (Lipinski definition) is 3. The number of nitrogens with one attached hydrogen (secondary N) is 2. The molecule has 0 saturated heterocycles. The predicted octanol–water partition coefficient (Wildman–Crippen LogP) is 4.07. The minimum absolute atomic E-state index is 0.317. The zero-order valence-electron chi connectivity index (χ0n) is 10.8. The molecule has 104 valence electrons. The number of benzene rings is 1. The van der Waals surface area contributed by atoms with Crippen LogP contribution in [0.2, 0.25) is 10.0 Å². The lowest BCUT2D eigenvalue weighted by Crippen LogP contribution is -2.14. The molecule has 0 saturated carbocycles. The van der Waals surface area contributed by atoms with Gasteiger partial charge in [0.2, 0.25) is 0 Å². The fourth-order valence-electron chi connectivity index (χ4n) is 1.66. The standard InChI is InChI=1S/C14H13Cl2N3O/c1-2-17-13-5-3-4-12(19-13)14(20)18-11-7-9(15)6-10(16)8-11/h3-8H,2H2,1H3,(H,17,19)(H,18,20). The van der Waals surface area contributed by atoms with Crippen LogP contribution in [0.4, 0.5) is 11.5 Å². The third-order valence-corrected chi connectivity index (χ3v) is 2.90. The number of aromatic nitrogens is 1. The van der Waals surface area contributed by atoms with Crippen LogP contribution in [-0.4, -0.2) is 17.4 Å². The number of rotatable bonds is 4. The van der Waals surface area contributed by atoms with E-state index in [4.69, 9.17) is 23.2 Å². The van der Waals surface area contributed by atoms with Crippen molar-refractivity contribution in [2.24, 2.45) is 0 Å². The van der Waals surface area contributed by atoms with Gasteiger partial charge in [-0.3, -0.25) is 4.79 Å². The van der Waals surface area contributed by atoms with Gasteiger partial charge in [0.1, 0.15) is 11.5 Å². The SMILES string of the molecule is CCNc1cccc(C(=O)Nc2cc(Cl)cc(Cl)c2)n1. The Hall–Kier alpha value is -1.78. The normalized spacial score (nSPS) is 10.2. The molecule has 0 radical (unpaired) electrons. The van der Waals surface area contributed by atoms with Crippen LogP contribution in [0.25, 0.3) is 0 Å². The summed E-state index contributed by atoms with van der Waals surface area (Å²) in [5.41, 5.74) is 0.850. The Bertz CT molecular complexity index is 611. The van der Waals surface area contributed by atoms with Crippen molar-refractivity contribution in [2.75, 3.05) is 17.2 Å². The Morgan fingerprint density at radius 1 is 1.20 bits per heavy atom. The summed E-state index contributed by atoms with van der Waals surface area (Å²) in [5, 5.41) is 6.68. The second kappa shape index (κ2) is 6.59. The summed E-state index contributed by atoms with van der Waals surface area (Å²) in [5.74, 6) is 0.340. The average molecular weight is 310 g/mol. The fourth-order valence-corrected chi connectivity index (χ4v) is 2.19. The van der Waals surface area contributed by atoms with Gasteiger partial charge >= 0.3 is 0 Å². The monoisotopic (exact) mass is 309 g/mol. The molecule has 4 nitrogen and oxygen atoms in total. The summed E-state index contributed by atoms with van der Waals surface area (Å²) >= 11 is 11.8. The smallest absolute Gasteiger partial charge is 0.274 e. The van der Waals surface area contributed by atoms with Gasteiger partial charge in [0.15, 0.2) is 0 Å². The highest BCUT2D eigenvalue weighted by atomic mass is 35.5. The predicted molar refractivity (Wildman–Crippen MR) is 82.8 cm³/mol. The van der Waals surface area contributed by atoms with Crippen LogP contribution in [0.5, 0.6) is 0 Å². The number of anilines is 2. The van der Waals surface area contributed by atoms with Crippen molar-refractivity contribution in [1.82, 2.24) is 4.98 Å². The van der Waals surface area contributed by atoms with E-state index in [-0.39, 0.29) is 5.91 Å². The van der Waals surface area contributed by atoms with Gasteiger partial charge in [-0.1, -0.05) is 29.3 Å². The van der Waals surface area contributed by atoms with Crippen molar-refractivity contribution in [3.8, 4) is 0 Å². The van der Waals surface area contributed by atoms with Crippen molar-refractivity contribution < 1.29 is 4.79 Å². The molecule has 0 aliphatic rings. The van der Waals surface area contributed by atoms with Gasteiger partial charge in [-0.25, -0.2) is 4.98 Å². The Balaban J connectivity index is 2.17. The van der Waals surface area contributed by atoms with Crippen LogP contribution in [0, 0.1) is 0 Å². The minimum Gasteiger partial charge on any atom is -0.370 e. The molecule has 2 aromatic rings. The van der Waals surface area contributed by atoms with Crippen LogP contribution in [-0.2, 0) is 0 Å². The van der Waals surface area contributed by atoms with Crippen molar-refractivity contribution in [1.29, 1.82) is 0 Å². The van der Waals surface area contributed by atoms with Crippen molar-refractivity contribution in [3.63, 3.8) is 0 Å². The summed E-state index contributed by atoms with van der Waals surface area (Å²) in [6.07, 6.45) is 0. The van der Waals surface area contributed by atoms with Gasteiger partial charge in [0, 0.05) is 22.3 Å². The molecule has 0 spiro atoms. The maximum atomic E-state index is 12.1. The van der Waals surface area contributed by atoms with Crippen molar-refractivity contribution in [3.05, 3.63) is 52.1 Å². The molecule has 0 aliphatic heterocycles. The summed E-state index contributed by atoms with van der Waals surface area (Å²) in [6, 6.07) is 10.1. The van der Waals surface area contributed by atoms with E-state index in [1.54, 1.807) is 36.4 Å². The summed E-state index contributed by atoms with van der Waals surface area (Å²) in [6.45, 7) is 2.70. The van der Waals surface area contributed by atoms with E-state index in [0.717, 1.165) is 6.54 Å². The van der Waals surface area contributed by atoms with Gasteiger partial charge < -0.3 is 10.6 Å². The highest BCUT2D eigenvalue weighted by Crippen LogP contribution is 2.22. The first kappa shape index (κ1) is 14.6. The van der Waals surface area contributed by atoms with E-state index in [2.05, 4.69) is 15.6 Å². The Morgan fingerprint density at radius 3 is 2.55 bits per heavy atom. The van der Waals surface area contributed by atoms with E-state index in [0.29, 0.717) is 27.2 Å². The molecule has 1 heterocycles. The fraction of sp³-hybridized carbons (Fsp3) is 0.143. The molecule has 0 aliphatic carbocycles. The Labute approximate surface area is 127 Å². The molecule has 6 heteroatoms. The first-order chi connectivity index (χ1) is 9.58. The number of pyridine rings is 1. The quantitative estimate of drug-likeness (QED) is 0.895. The van der Waals surface area contributed by atoms with Gasteiger partial charge in [-0.15, -0.1) is 0 Å². The lowest BCUT2D eigenvalue weighted by Gasteiger charge is -2.07. The van der Waals surface area contributed by atoms with Crippen LogP contribution in [0.1, 0.15) is 17.4 Å². The second-order valence-corrected chi connectivity index (χ2v) is 4.92. The minimum atomic E-state index is -0.317. The molecule has 0 fully saturated rings. The molecule has 2 rings (SSSR count). The van der Waals surface area contributed by atoms with Gasteiger partial charge in [0.25, 0.3) is 5.91 Å². The number of halogens is 2. The van der Waals surface area contributed by atoms with Gasteiger partial charge in [0.05, 0.1) is 0 Å². The number of nitrogens with zero attached hydrogens (tertiary/aromatic N) is 1. The Morgan fingerprint density at radius 2 is 1.90 bits per heavy atom. The zero-order chi connectivity index (χ0) is 14.5. The van der Waals surface area contributed by atoms with E-state index in [1.807, 2.05) is 6.92 Å². The lowest BCUT2D eigenvalue weighted by atomic mass is 10.3. The molecule has 0 unspecified atom stereocenters. The number of carbonyl (C=O) groups excluding carboxylic acids is 1. The van der Waals surface area contributed by atoms with Crippen molar-refractivity contribution in [2.45, 2.75) is 6.92 Å². The number of carbonyl (C=O) groups is 1. The molecule has 2 N–H and O–H groups in total. The molecule has 0 atom stereocenters. The maximum absolute atomic E-state index is 12.1. The molecule has 0 bridgehead atoms. The third kappa shape index (κ3) is 3.85. The summed E-state index contributed by atoms with van der Waals surface area (Å²) in [4.78, 5) is 16.3. The maximum Gasteiger partial charge on any atom is 0.274 e.